The van der Waals surface area contributed by atoms with Crippen molar-refractivity contribution in [3.63, 3.8) is 0 Å². The standard InChI is InChI=1S/C7H15N.CH3.In/c1-4-6-8(3)7-5-2;;/h1-2,4-7H2,3H3;1H3;. The van der Waals surface area contributed by atoms with E-state index in [0.717, 1.165) is 0 Å². The molecule has 1 saturated heterocycles. The summed E-state index contributed by atoms with van der Waals surface area (Å²) in [5.41, 5.74) is 0. The molecular formula is C8H18InN. The van der Waals surface area contributed by atoms with Crippen LogP contribution in [0.2, 0.25) is 13.0 Å². The van der Waals surface area contributed by atoms with Crippen LogP contribution in [0.3, 0.4) is 0 Å². The fourth-order valence-corrected chi connectivity index (χ4v) is 7.52. The van der Waals surface area contributed by atoms with Crippen molar-refractivity contribution in [2.45, 2.75) is 25.9 Å². The van der Waals surface area contributed by atoms with E-state index < -0.39 is 21.4 Å². The third-order valence-corrected chi connectivity index (χ3v) is 10.4. The second-order valence-corrected chi connectivity index (χ2v) is 13.3. The van der Waals surface area contributed by atoms with Crippen molar-refractivity contribution in [3.05, 3.63) is 0 Å². The Balaban J connectivity index is 2.21. The second kappa shape index (κ2) is 4.66. The molecule has 0 saturated carbocycles. The van der Waals surface area contributed by atoms with E-state index in [1.165, 1.54) is 25.9 Å². The van der Waals surface area contributed by atoms with Crippen molar-refractivity contribution in [2.24, 2.45) is 0 Å². The van der Waals surface area contributed by atoms with Crippen molar-refractivity contribution in [2.75, 3.05) is 20.1 Å². The van der Waals surface area contributed by atoms with Gasteiger partial charge in [0.15, 0.2) is 0 Å². The average molecular weight is 243 g/mol. The SMILES string of the molecule is CN1CC[CH2][In]([CH3])[CH2]CC1. The van der Waals surface area contributed by atoms with E-state index >= 15 is 0 Å². The summed E-state index contributed by atoms with van der Waals surface area (Å²) in [7, 11) is 2.26. The first kappa shape index (κ1) is 8.92. The topological polar surface area (TPSA) is 3.24 Å². The van der Waals surface area contributed by atoms with Gasteiger partial charge in [-0.25, -0.2) is 0 Å². The van der Waals surface area contributed by atoms with Gasteiger partial charge in [0.25, 0.3) is 0 Å². The monoisotopic (exact) mass is 243 g/mol. The Bertz CT molecular complexity index is 75.3. The minimum absolute atomic E-state index is 0.838. The van der Waals surface area contributed by atoms with Crippen LogP contribution in [0.5, 0.6) is 0 Å². The Morgan fingerprint density at radius 3 is 2.10 bits per heavy atom. The fraction of sp³-hybridized carbons (Fsp3) is 1.00. The zero-order chi connectivity index (χ0) is 7.40. The summed E-state index contributed by atoms with van der Waals surface area (Å²) >= 11 is -0.838. The quantitative estimate of drug-likeness (QED) is 0.627. The molecule has 58 valence electrons. The minimum atomic E-state index is -0.838. The van der Waals surface area contributed by atoms with Gasteiger partial charge in [-0.2, -0.15) is 0 Å². The van der Waals surface area contributed by atoms with Crippen LogP contribution in [0.25, 0.3) is 0 Å². The molecule has 0 amide bonds. The molecule has 1 fully saturated rings. The van der Waals surface area contributed by atoms with Gasteiger partial charge in [0.1, 0.15) is 0 Å². The van der Waals surface area contributed by atoms with Gasteiger partial charge in [0.05, 0.1) is 0 Å². The van der Waals surface area contributed by atoms with Crippen LogP contribution in [0.4, 0.5) is 0 Å². The van der Waals surface area contributed by atoms with Crippen LogP contribution in [0, 0.1) is 0 Å². The summed E-state index contributed by atoms with van der Waals surface area (Å²) in [5.74, 6) is 0. The summed E-state index contributed by atoms with van der Waals surface area (Å²) in [6.45, 7) is 2.72. The summed E-state index contributed by atoms with van der Waals surface area (Å²) in [4.78, 5) is 2.48. The van der Waals surface area contributed by atoms with Gasteiger partial charge >= 0.3 is 72.4 Å². The Morgan fingerprint density at radius 2 is 1.60 bits per heavy atom. The van der Waals surface area contributed by atoms with E-state index in [9.17, 15) is 0 Å². The van der Waals surface area contributed by atoms with Gasteiger partial charge in [0, 0.05) is 0 Å². The summed E-state index contributed by atoms with van der Waals surface area (Å²) in [5, 5.41) is 0. The number of rotatable bonds is 0. The third kappa shape index (κ3) is 3.29. The molecule has 0 atom stereocenters. The first-order valence-corrected chi connectivity index (χ1v) is 12.4. The molecule has 1 aliphatic rings. The zero-order valence-electron chi connectivity index (χ0n) is 7.27. The van der Waals surface area contributed by atoms with Gasteiger partial charge < -0.3 is 0 Å². The Kier molecular flexibility index (Phi) is 4.15. The van der Waals surface area contributed by atoms with Crippen LogP contribution >= 0.6 is 0 Å². The van der Waals surface area contributed by atoms with Crippen molar-refractivity contribution in [3.8, 4) is 0 Å². The van der Waals surface area contributed by atoms with E-state index in [0.29, 0.717) is 0 Å². The van der Waals surface area contributed by atoms with E-state index in [2.05, 4.69) is 16.6 Å². The van der Waals surface area contributed by atoms with Gasteiger partial charge in [-0.15, -0.1) is 0 Å². The van der Waals surface area contributed by atoms with Crippen LogP contribution in [0.1, 0.15) is 12.8 Å². The molecule has 0 aliphatic carbocycles. The molecule has 0 bridgehead atoms. The van der Waals surface area contributed by atoms with E-state index in [1.54, 1.807) is 8.35 Å². The molecule has 2 heteroatoms. The molecule has 0 aromatic carbocycles. The molecule has 1 nitrogen and oxygen atoms in total. The van der Waals surface area contributed by atoms with Crippen molar-refractivity contribution < 1.29 is 0 Å². The molecule has 0 aromatic rings. The third-order valence-electron chi connectivity index (χ3n) is 2.47. The molecule has 0 N–H and O–H groups in total. The normalized spacial score (nSPS) is 24.0. The van der Waals surface area contributed by atoms with Gasteiger partial charge in [0.2, 0.25) is 0 Å². The Morgan fingerprint density at radius 1 is 1.10 bits per heavy atom. The Labute approximate surface area is 72.3 Å². The molecule has 0 spiro atoms. The maximum absolute atomic E-state index is 2.59. The van der Waals surface area contributed by atoms with Crippen LogP contribution < -0.4 is 0 Å². The summed E-state index contributed by atoms with van der Waals surface area (Å²) in [6, 6.07) is 0. The summed E-state index contributed by atoms with van der Waals surface area (Å²) in [6.07, 6.45) is 2.99. The summed E-state index contributed by atoms with van der Waals surface area (Å²) < 4.78 is 5.88. The maximum atomic E-state index is 2.59. The van der Waals surface area contributed by atoms with Gasteiger partial charge in [-0.05, 0) is 0 Å². The average Bonchev–Trinajstić information content (AvgIpc) is 1.84. The number of hydrogen-bond acceptors (Lipinski definition) is 1. The van der Waals surface area contributed by atoms with E-state index in [-0.39, 0.29) is 0 Å². The van der Waals surface area contributed by atoms with Crippen LogP contribution in [-0.4, -0.2) is 46.5 Å². The molecule has 1 heterocycles. The molecule has 1 aliphatic heterocycles. The molecule has 0 unspecified atom stereocenters. The molecule has 0 radical (unpaired) electrons. The predicted molar refractivity (Wildman–Crippen MR) is 48.0 cm³/mol. The molecule has 0 aromatic heterocycles. The zero-order valence-corrected chi connectivity index (χ0v) is 10.6. The Hall–Kier alpha value is 0.830. The van der Waals surface area contributed by atoms with Gasteiger partial charge in [-0.1, -0.05) is 0 Å². The molecular weight excluding hydrogens is 225 g/mol. The van der Waals surface area contributed by atoms with Crippen LogP contribution in [-0.2, 0) is 0 Å². The number of nitrogens with zero attached hydrogens (tertiary/aromatic N) is 1. The van der Waals surface area contributed by atoms with Gasteiger partial charge in [-0.3, -0.25) is 0 Å². The molecule has 10 heavy (non-hydrogen) atoms. The fourth-order valence-electron chi connectivity index (χ4n) is 1.68. The van der Waals surface area contributed by atoms with Crippen LogP contribution in [0.15, 0.2) is 0 Å². The predicted octanol–water partition coefficient (Wildman–Crippen LogP) is 1.84. The molecule has 1 rings (SSSR count). The van der Waals surface area contributed by atoms with E-state index in [4.69, 9.17) is 0 Å². The van der Waals surface area contributed by atoms with E-state index in [1.807, 2.05) is 0 Å². The van der Waals surface area contributed by atoms with Crippen molar-refractivity contribution >= 4 is 21.4 Å². The first-order chi connectivity index (χ1) is 4.79. The van der Waals surface area contributed by atoms with Crippen molar-refractivity contribution in [1.29, 1.82) is 0 Å². The first-order valence-electron chi connectivity index (χ1n) is 4.47. The number of hydrogen-bond donors (Lipinski definition) is 0. The van der Waals surface area contributed by atoms with Crippen molar-refractivity contribution in [1.82, 2.24) is 4.90 Å². The second-order valence-electron chi connectivity index (χ2n) is 3.69.